The molecule has 0 aromatic carbocycles. The zero-order valence-electron chi connectivity index (χ0n) is 8.22. The molecule has 15 heavy (non-hydrogen) atoms. The molecule has 1 heterocycles. The minimum Gasteiger partial charge on any atom is -0.394 e. The molecule has 3 unspecified atom stereocenters. The predicted molar refractivity (Wildman–Crippen MR) is 49.0 cm³/mol. The van der Waals surface area contributed by atoms with E-state index in [9.17, 15) is 15.3 Å². The smallest absolute Gasteiger partial charge is 0.256 e. The lowest BCUT2D eigenvalue weighted by atomic mass is 9.99. The molecule has 1 saturated heterocycles. The molecule has 0 bridgehead atoms. The van der Waals surface area contributed by atoms with Crippen molar-refractivity contribution in [3.63, 3.8) is 0 Å². The maximum atomic E-state index is 9.43. The summed E-state index contributed by atoms with van der Waals surface area (Å²) in [5, 5.41) is 40.4. The van der Waals surface area contributed by atoms with Crippen molar-refractivity contribution in [2.75, 3.05) is 6.61 Å². The Bertz CT molecular complexity index is 221. The summed E-state index contributed by atoms with van der Waals surface area (Å²) in [6.45, 7) is 1.12. The van der Waals surface area contributed by atoms with Crippen molar-refractivity contribution in [1.82, 2.24) is 0 Å². The number of ether oxygens (including phenoxy) is 1. The van der Waals surface area contributed by atoms with Gasteiger partial charge in [-0.1, -0.05) is 5.16 Å². The lowest BCUT2D eigenvalue weighted by Gasteiger charge is -2.38. The summed E-state index contributed by atoms with van der Waals surface area (Å²) in [4.78, 5) is 4.71. The second kappa shape index (κ2) is 5.38. The Morgan fingerprint density at radius 1 is 1.27 bits per heavy atom. The van der Waals surface area contributed by atoms with E-state index in [1.54, 1.807) is 6.92 Å². The third kappa shape index (κ3) is 2.64. The normalized spacial score (nSPS) is 42.1. The highest BCUT2D eigenvalue weighted by Gasteiger charge is 2.44. The van der Waals surface area contributed by atoms with E-state index in [4.69, 9.17) is 14.7 Å². The fraction of sp³-hybridized carbons (Fsp3) is 0.875. The Morgan fingerprint density at radius 3 is 2.47 bits per heavy atom. The molecule has 88 valence electrons. The van der Waals surface area contributed by atoms with Gasteiger partial charge in [-0.2, -0.15) is 0 Å². The highest BCUT2D eigenvalue weighted by atomic mass is 16.8. The maximum absolute atomic E-state index is 9.43. The van der Waals surface area contributed by atoms with E-state index < -0.39 is 37.3 Å². The van der Waals surface area contributed by atoms with Gasteiger partial charge in [-0.25, -0.2) is 0 Å². The second-order valence-electron chi connectivity index (χ2n) is 3.17. The fourth-order valence-electron chi connectivity index (χ4n) is 1.28. The van der Waals surface area contributed by atoms with Crippen molar-refractivity contribution < 1.29 is 30.0 Å². The fourth-order valence-corrected chi connectivity index (χ4v) is 1.28. The molecule has 1 rings (SSSR count). The summed E-state index contributed by atoms with van der Waals surface area (Å²) in [5.74, 6) is 0. The van der Waals surface area contributed by atoms with Gasteiger partial charge in [0.2, 0.25) is 0 Å². The summed E-state index contributed by atoms with van der Waals surface area (Å²) in [5.41, 5.74) is 0. The van der Waals surface area contributed by atoms with E-state index in [1.165, 1.54) is 6.21 Å². The third-order valence-corrected chi connectivity index (χ3v) is 2.12. The van der Waals surface area contributed by atoms with Crippen LogP contribution in [0, 0.1) is 0 Å². The lowest BCUT2D eigenvalue weighted by molar-refractivity contribution is -0.301. The number of nitrogens with zero attached hydrogens (tertiary/aromatic N) is 1. The number of aliphatic hydroxyl groups excluding tert-OH is 4. The SMILES string of the molecule is C/C=N/O[C@@H]1OC(CO)C(O)[C@H](O)C1O. The number of hydrogen-bond donors (Lipinski definition) is 4. The van der Waals surface area contributed by atoms with Crippen LogP contribution in [0.5, 0.6) is 0 Å². The van der Waals surface area contributed by atoms with Crippen LogP contribution in [-0.2, 0) is 9.57 Å². The average molecular weight is 221 g/mol. The third-order valence-electron chi connectivity index (χ3n) is 2.12. The molecular formula is C8H15NO6. The average Bonchev–Trinajstić information content (AvgIpc) is 2.25. The standard InChI is InChI=1S/C8H15NO6/c1-2-9-15-8-7(13)6(12)5(11)4(3-10)14-8/h2,4-8,10-13H,3H2,1H3/b9-2+/t4?,5?,6-,7?,8-/m0/s1. The molecule has 5 atom stereocenters. The number of hydrogen-bond acceptors (Lipinski definition) is 7. The lowest BCUT2D eigenvalue weighted by Crippen LogP contribution is -2.58. The van der Waals surface area contributed by atoms with Gasteiger partial charge >= 0.3 is 0 Å². The molecule has 0 spiro atoms. The van der Waals surface area contributed by atoms with Gasteiger partial charge in [-0.15, -0.1) is 0 Å². The van der Waals surface area contributed by atoms with Crippen LogP contribution in [-0.4, -0.2) is 64.0 Å². The van der Waals surface area contributed by atoms with Gasteiger partial charge in [-0.3, -0.25) is 0 Å². The van der Waals surface area contributed by atoms with Crippen molar-refractivity contribution >= 4 is 6.21 Å². The van der Waals surface area contributed by atoms with Crippen LogP contribution in [0.1, 0.15) is 6.92 Å². The number of aliphatic hydroxyl groups is 4. The molecule has 1 aliphatic rings. The van der Waals surface area contributed by atoms with Crippen molar-refractivity contribution in [2.24, 2.45) is 5.16 Å². The van der Waals surface area contributed by atoms with E-state index in [0.29, 0.717) is 0 Å². The first-order valence-electron chi connectivity index (χ1n) is 4.56. The van der Waals surface area contributed by atoms with Crippen LogP contribution in [0.2, 0.25) is 0 Å². The van der Waals surface area contributed by atoms with Gasteiger partial charge in [0.1, 0.15) is 24.4 Å². The minimum atomic E-state index is -1.44. The summed E-state index contributed by atoms with van der Waals surface area (Å²) in [6.07, 6.45) is -5.06. The summed E-state index contributed by atoms with van der Waals surface area (Å²) < 4.78 is 4.99. The highest BCUT2D eigenvalue weighted by molar-refractivity contribution is 5.52. The van der Waals surface area contributed by atoms with Gasteiger partial charge in [-0.05, 0) is 6.92 Å². The molecule has 0 saturated carbocycles. The van der Waals surface area contributed by atoms with E-state index in [0.717, 1.165) is 0 Å². The van der Waals surface area contributed by atoms with Crippen molar-refractivity contribution in [3.8, 4) is 0 Å². The molecule has 0 aliphatic carbocycles. The number of rotatable bonds is 3. The van der Waals surface area contributed by atoms with Crippen molar-refractivity contribution in [2.45, 2.75) is 37.6 Å². The quantitative estimate of drug-likeness (QED) is 0.318. The Balaban J connectivity index is 2.65. The van der Waals surface area contributed by atoms with Gasteiger partial charge in [0.25, 0.3) is 6.29 Å². The minimum absolute atomic E-state index is 0.485. The first-order valence-corrected chi connectivity index (χ1v) is 4.56. The van der Waals surface area contributed by atoms with Crippen molar-refractivity contribution in [3.05, 3.63) is 0 Å². The molecule has 1 fully saturated rings. The van der Waals surface area contributed by atoms with E-state index in [-0.39, 0.29) is 0 Å². The Hall–Kier alpha value is -0.730. The van der Waals surface area contributed by atoms with Crippen LogP contribution in [0.25, 0.3) is 0 Å². The summed E-state index contributed by atoms with van der Waals surface area (Å²) in [7, 11) is 0. The first kappa shape index (κ1) is 12.3. The zero-order valence-corrected chi connectivity index (χ0v) is 8.22. The summed E-state index contributed by atoms with van der Waals surface area (Å²) in [6, 6.07) is 0. The Kier molecular flexibility index (Phi) is 4.43. The van der Waals surface area contributed by atoms with Gasteiger partial charge in [0.05, 0.1) is 6.61 Å². The predicted octanol–water partition coefficient (Wildman–Crippen LogP) is -2.19. The van der Waals surface area contributed by atoms with Crippen LogP contribution in [0.15, 0.2) is 5.16 Å². The van der Waals surface area contributed by atoms with Gasteiger partial charge in [0.15, 0.2) is 0 Å². The van der Waals surface area contributed by atoms with Gasteiger partial charge in [0, 0.05) is 6.21 Å². The molecule has 4 N–H and O–H groups in total. The topological polar surface area (TPSA) is 112 Å². The van der Waals surface area contributed by atoms with Crippen LogP contribution in [0.4, 0.5) is 0 Å². The largest absolute Gasteiger partial charge is 0.394 e. The maximum Gasteiger partial charge on any atom is 0.256 e. The summed E-state index contributed by atoms with van der Waals surface area (Å²) >= 11 is 0. The van der Waals surface area contributed by atoms with Crippen molar-refractivity contribution in [1.29, 1.82) is 0 Å². The zero-order chi connectivity index (χ0) is 11.4. The van der Waals surface area contributed by atoms with E-state index in [2.05, 4.69) is 5.16 Å². The molecule has 0 amide bonds. The monoisotopic (exact) mass is 221 g/mol. The van der Waals surface area contributed by atoms with Crippen LogP contribution >= 0.6 is 0 Å². The Morgan fingerprint density at radius 2 is 1.93 bits per heavy atom. The highest BCUT2D eigenvalue weighted by Crippen LogP contribution is 2.21. The van der Waals surface area contributed by atoms with Crippen LogP contribution < -0.4 is 0 Å². The second-order valence-corrected chi connectivity index (χ2v) is 3.17. The molecule has 0 radical (unpaired) electrons. The molecule has 0 aromatic heterocycles. The molecule has 0 aromatic rings. The van der Waals surface area contributed by atoms with E-state index >= 15 is 0 Å². The van der Waals surface area contributed by atoms with Gasteiger partial charge < -0.3 is 30.0 Å². The first-order chi connectivity index (χ1) is 7.11. The van der Waals surface area contributed by atoms with E-state index in [1.807, 2.05) is 0 Å². The molecule has 7 nitrogen and oxygen atoms in total. The van der Waals surface area contributed by atoms with Crippen LogP contribution in [0.3, 0.4) is 0 Å². The molecular weight excluding hydrogens is 206 g/mol. The molecule has 1 aliphatic heterocycles. The Labute approximate surface area is 86.5 Å². The number of oxime groups is 1. The molecule has 7 heteroatoms.